The molecule has 0 N–H and O–H groups in total. The van der Waals surface area contributed by atoms with Gasteiger partial charge in [-0.3, -0.25) is 4.79 Å². The molecule has 17 heavy (non-hydrogen) atoms. The van der Waals surface area contributed by atoms with E-state index in [2.05, 4.69) is 9.38 Å². The zero-order valence-electron chi connectivity index (χ0n) is 9.11. The average molecular weight is 255 g/mol. The summed E-state index contributed by atoms with van der Waals surface area (Å²) in [6.07, 6.45) is 2.12. The summed E-state index contributed by atoms with van der Waals surface area (Å²) in [6, 6.07) is 2.71. The van der Waals surface area contributed by atoms with E-state index in [1.54, 1.807) is 0 Å². The maximum atomic E-state index is 11.7. The quantitative estimate of drug-likeness (QED) is 0.550. The molecule has 0 atom stereocenters. The van der Waals surface area contributed by atoms with Crippen LogP contribution < -0.4 is 0 Å². The number of sulfonamides is 1. The van der Waals surface area contributed by atoms with E-state index in [4.69, 9.17) is 0 Å². The summed E-state index contributed by atoms with van der Waals surface area (Å²) < 4.78 is 25.7. The third-order valence-electron chi connectivity index (χ3n) is 1.81. The molecule has 7 nitrogen and oxygen atoms in total. The lowest BCUT2D eigenvalue weighted by molar-refractivity contribution is 0.0823. The van der Waals surface area contributed by atoms with Crippen LogP contribution >= 0.6 is 0 Å². The van der Waals surface area contributed by atoms with Gasteiger partial charge in [-0.15, -0.1) is 0 Å². The van der Waals surface area contributed by atoms with Crippen LogP contribution in [0.4, 0.5) is 0 Å². The smallest absolute Gasteiger partial charge is 0.310 e. The number of pyridine rings is 1. The summed E-state index contributed by atoms with van der Waals surface area (Å²) in [5.41, 5.74) is -0.142. The largest absolute Gasteiger partial charge is 0.345 e. The van der Waals surface area contributed by atoms with E-state index < -0.39 is 21.0 Å². The predicted molar refractivity (Wildman–Crippen MR) is 57.6 cm³/mol. The van der Waals surface area contributed by atoms with E-state index in [0.29, 0.717) is 0 Å². The lowest BCUT2D eigenvalue weighted by Gasteiger charge is -2.11. The predicted octanol–water partition coefficient (Wildman–Crippen LogP) is -0.192. The molecule has 90 valence electrons. The van der Waals surface area contributed by atoms with Crippen LogP contribution in [0.5, 0.6) is 0 Å². The van der Waals surface area contributed by atoms with Crippen LogP contribution in [0.1, 0.15) is 10.4 Å². The maximum absolute atomic E-state index is 11.7. The van der Waals surface area contributed by atoms with Crippen molar-refractivity contribution in [2.45, 2.75) is 5.03 Å². The van der Waals surface area contributed by atoms with Gasteiger partial charge in [0.25, 0.3) is 12.0 Å². The van der Waals surface area contributed by atoms with Gasteiger partial charge in [0.2, 0.25) is 0 Å². The standard InChI is InChI=1S/C9H9N3O4S/c1-12(2)9(14)7-4-3-5-10-8(7)17(15,16)11-6-13/h3-5H,1-2H3. The summed E-state index contributed by atoms with van der Waals surface area (Å²) in [5, 5.41) is -0.554. The molecule has 0 aliphatic carbocycles. The molecule has 0 aliphatic heterocycles. The Bertz CT molecular complexity index is 588. The highest BCUT2D eigenvalue weighted by Crippen LogP contribution is 2.15. The van der Waals surface area contributed by atoms with Gasteiger partial charge in [-0.2, -0.15) is 8.42 Å². The van der Waals surface area contributed by atoms with Crippen molar-refractivity contribution in [3.63, 3.8) is 0 Å². The Balaban J connectivity index is 3.47. The van der Waals surface area contributed by atoms with Crippen LogP contribution in [0.3, 0.4) is 0 Å². The van der Waals surface area contributed by atoms with Gasteiger partial charge in [-0.05, 0) is 12.1 Å². The number of hydrogen-bond acceptors (Lipinski definition) is 5. The lowest BCUT2D eigenvalue weighted by atomic mass is 10.2. The first-order chi connectivity index (χ1) is 7.90. The van der Waals surface area contributed by atoms with Crippen LogP contribution in [-0.4, -0.2) is 44.4 Å². The molecule has 0 fully saturated rings. The van der Waals surface area contributed by atoms with Gasteiger partial charge in [-0.1, -0.05) is 4.40 Å². The molecular formula is C9H9N3O4S. The number of carbonyl (C=O) groups excluding carboxylic acids is 2. The molecule has 1 amide bonds. The first-order valence-corrected chi connectivity index (χ1v) is 5.85. The van der Waals surface area contributed by atoms with Crippen molar-refractivity contribution in [2.24, 2.45) is 4.40 Å². The first-order valence-electron chi connectivity index (χ1n) is 4.41. The monoisotopic (exact) mass is 255 g/mol. The number of nitrogens with zero attached hydrogens (tertiary/aromatic N) is 3. The zero-order chi connectivity index (χ0) is 13.1. The van der Waals surface area contributed by atoms with Gasteiger partial charge < -0.3 is 4.90 Å². The molecule has 0 unspecified atom stereocenters. The SMILES string of the molecule is CN(C)C(=O)c1cccnc1S(=O)(=O)N=C=O. The Morgan fingerprint density at radius 3 is 2.65 bits per heavy atom. The van der Waals surface area contributed by atoms with E-state index in [0.717, 1.165) is 6.08 Å². The highest BCUT2D eigenvalue weighted by Gasteiger charge is 2.24. The van der Waals surface area contributed by atoms with Gasteiger partial charge in [0.15, 0.2) is 5.03 Å². The van der Waals surface area contributed by atoms with Crippen molar-refractivity contribution in [3.8, 4) is 0 Å². The van der Waals surface area contributed by atoms with Crippen LogP contribution in [0.25, 0.3) is 0 Å². The van der Waals surface area contributed by atoms with Crippen molar-refractivity contribution in [1.29, 1.82) is 0 Å². The second-order valence-corrected chi connectivity index (χ2v) is 4.73. The second-order valence-electron chi connectivity index (χ2n) is 3.21. The number of amides is 1. The van der Waals surface area contributed by atoms with E-state index in [1.807, 2.05) is 0 Å². The molecule has 0 radical (unpaired) electrons. The van der Waals surface area contributed by atoms with Gasteiger partial charge in [0, 0.05) is 20.3 Å². The van der Waals surface area contributed by atoms with Crippen molar-refractivity contribution >= 4 is 22.0 Å². The third-order valence-corrected chi connectivity index (χ3v) is 2.94. The molecular weight excluding hydrogens is 246 g/mol. The Morgan fingerprint density at radius 2 is 2.12 bits per heavy atom. The third kappa shape index (κ3) is 2.74. The number of carbonyl (C=O) groups is 1. The van der Waals surface area contributed by atoms with Crippen molar-refractivity contribution in [2.75, 3.05) is 14.1 Å². The number of isocyanates is 1. The molecule has 1 rings (SSSR count). The number of hydrogen-bond donors (Lipinski definition) is 0. The minimum atomic E-state index is -4.28. The molecule has 1 aromatic heterocycles. The highest BCUT2D eigenvalue weighted by molar-refractivity contribution is 7.90. The van der Waals surface area contributed by atoms with Crippen LogP contribution in [0.2, 0.25) is 0 Å². The summed E-state index contributed by atoms with van der Waals surface area (Å²) in [5.74, 6) is -0.544. The van der Waals surface area contributed by atoms with Gasteiger partial charge in [-0.25, -0.2) is 9.78 Å². The average Bonchev–Trinajstić information content (AvgIpc) is 2.28. The summed E-state index contributed by atoms with van der Waals surface area (Å²) >= 11 is 0. The van der Waals surface area contributed by atoms with Crippen LogP contribution in [0.15, 0.2) is 27.8 Å². The molecule has 1 heterocycles. The number of rotatable bonds is 3. The van der Waals surface area contributed by atoms with E-state index in [9.17, 15) is 18.0 Å². The van der Waals surface area contributed by atoms with E-state index in [-0.39, 0.29) is 5.56 Å². The minimum Gasteiger partial charge on any atom is -0.345 e. The van der Waals surface area contributed by atoms with Gasteiger partial charge in [0.05, 0.1) is 5.56 Å². The molecule has 0 aliphatic rings. The van der Waals surface area contributed by atoms with Crippen molar-refractivity contribution in [1.82, 2.24) is 9.88 Å². The Labute approximate surface area is 97.8 Å². The number of aromatic nitrogens is 1. The summed E-state index contributed by atoms with van der Waals surface area (Å²) in [4.78, 5) is 26.5. The molecule has 0 spiro atoms. The van der Waals surface area contributed by atoms with Crippen LogP contribution in [-0.2, 0) is 14.8 Å². The fraction of sp³-hybridized carbons (Fsp3) is 0.222. The zero-order valence-corrected chi connectivity index (χ0v) is 9.93. The lowest BCUT2D eigenvalue weighted by Crippen LogP contribution is -2.24. The van der Waals surface area contributed by atoms with E-state index in [1.165, 1.54) is 37.3 Å². The first kappa shape index (κ1) is 13.0. The Hall–Kier alpha value is -2.05. The van der Waals surface area contributed by atoms with Gasteiger partial charge in [0.1, 0.15) is 0 Å². The molecule has 8 heteroatoms. The Morgan fingerprint density at radius 1 is 1.47 bits per heavy atom. The molecule has 0 saturated heterocycles. The molecule has 0 saturated carbocycles. The van der Waals surface area contributed by atoms with Crippen molar-refractivity contribution in [3.05, 3.63) is 23.9 Å². The molecule has 1 aromatic rings. The van der Waals surface area contributed by atoms with E-state index >= 15 is 0 Å². The van der Waals surface area contributed by atoms with Gasteiger partial charge >= 0.3 is 10.0 Å². The van der Waals surface area contributed by atoms with Crippen molar-refractivity contribution < 1.29 is 18.0 Å². The second kappa shape index (κ2) is 4.86. The van der Waals surface area contributed by atoms with Crippen LogP contribution in [0, 0.1) is 0 Å². The highest BCUT2D eigenvalue weighted by atomic mass is 32.2. The fourth-order valence-electron chi connectivity index (χ4n) is 1.09. The summed E-state index contributed by atoms with van der Waals surface area (Å²) in [7, 11) is -1.34. The minimum absolute atomic E-state index is 0.142. The maximum Gasteiger partial charge on any atom is 0.310 e. The fourth-order valence-corrected chi connectivity index (χ4v) is 1.90. The topological polar surface area (TPSA) is 96.8 Å². The summed E-state index contributed by atoms with van der Waals surface area (Å²) in [6.45, 7) is 0. The molecule has 0 bridgehead atoms. The Kier molecular flexibility index (Phi) is 3.72. The normalized spacial score (nSPS) is 10.5. The molecule has 0 aromatic carbocycles.